The lowest BCUT2D eigenvalue weighted by Crippen LogP contribution is -2.52. The molecule has 24 heavy (non-hydrogen) atoms. The molecule has 2 amide bonds. The first-order chi connectivity index (χ1) is 11.6. The van der Waals surface area contributed by atoms with E-state index in [1.54, 1.807) is 4.90 Å². The summed E-state index contributed by atoms with van der Waals surface area (Å²) in [7, 11) is 0. The molecule has 1 fully saturated rings. The number of nitrogens with one attached hydrogen (secondary N) is 1. The van der Waals surface area contributed by atoms with Gasteiger partial charge in [-0.1, -0.05) is 45.2 Å². The Labute approximate surface area is 143 Å². The molecule has 1 atom stereocenters. The molecule has 1 N–H and O–H groups in total. The van der Waals surface area contributed by atoms with Gasteiger partial charge in [0, 0.05) is 6.04 Å². The molecule has 1 heterocycles. The summed E-state index contributed by atoms with van der Waals surface area (Å²) >= 11 is 0. The number of fused-ring (bicyclic) bond motifs is 1. The third kappa shape index (κ3) is 3.55. The fourth-order valence-corrected chi connectivity index (χ4v) is 3.49. The van der Waals surface area contributed by atoms with E-state index in [1.807, 2.05) is 38.1 Å². The van der Waals surface area contributed by atoms with Crippen LogP contribution in [0.4, 0.5) is 5.69 Å². The van der Waals surface area contributed by atoms with E-state index in [-0.39, 0.29) is 30.3 Å². The highest BCUT2D eigenvalue weighted by molar-refractivity contribution is 6.04. The number of benzene rings is 1. The fraction of sp³-hybridized carbons (Fsp3) is 0.579. The summed E-state index contributed by atoms with van der Waals surface area (Å²) in [6, 6.07) is 7.67. The number of nitrogens with zero attached hydrogens (tertiary/aromatic N) is 1. The van der Waals surface area contributed by atoms with E-state index in [4.69, 9.17) is 4.74 Å². The molecule has 5 nitrogen and oxygen atoms in total. The van der Waals surface area contributed by atoms with E-state index in [1.165, 1.54) is 19.3 Å². The van der Waals surface area contributed by atoms with Gasteiger partial charge in [-0.15, -0.1) is 0 Å². The highest BCUT2D eigenvalue weighted by Gasteiger charge is 2.37. The van der Waals surface area contributed by atoms with Crippen molar-refractivity contribution in [1.29, 1.82) is 0 Å². The Bertz CT molecular complexity index is 608. The van der Waals surface area contributed by atoms with Crippen LogP contribution in [0, 0.1) is 5.92 Å². The number of anilines is 1. The zero-order chi connectivity index (χ0) is 17.1. The maximum Gasteiger partial charge on any atom is 0.268 e. The number of hydrogen-bond donors (Lipinski definition) is 1. The third-order valence-corrected chi connectivity index (χ3v) is 4.80. The molecule has 0 aromatic heterocycles. The zero-order valence-corrected chi connectivity index (χ0v) is 14.5. The van der Waals surface area contributed by atoms with Crippen molar-refractivity contribution in [1.82, 2.24) is 5.32 Å². The Morgan fingerprint density at radius 2 is 1.96 bits per heavy atom. The van der Waals surface area contributed by atoms with Crippen LogP contribution in [-0.4, -0.2) is 30.5 Å². The van der Waals surface area contributed by atoms with Crippen molar-refractivity contribution in [2.24, 2.45) is 5.92 Å². The summed E-state index contributed by atoms with van der Waals surface area (Å²) in [5.41, 5.74) is 0.679. The van der Waals surface area contributed by atoms with Gasteiger partial charge in [0.25, 0.3) is 5.91 Å². The molecule has 0 radical (unpaired) electrons. The lowest BCUT2D eigenvalue weighted by Gasteiger charge is -2.36. The summed E-state index contributed by atoms with van der Waals surface area (Å²) in [4.78, 5) is 26.8. The van der Waals surface area contributed by atoms with Crippen molar-refractivity contribution in [2.75, 3.05) is 11.4 Å². The first kappa shape index (κ1) is 16.8. The van der Waals surface area contributed by atoms with Gasteiger partial charge < -0.3 is 10.1 Å². The van der Waals surface area contributed by atoms with E-state index in [9.17, 15) is 9.59 Å². The van der Waals surface area contributed by atoms with E-state index in [0.717, 1.165) is 12.8 Å². The molecule has 2 aliphatic rings. The summed E-state index contributed by atoms with van der Waals surface area (Å²) in [6.07, 6.45) is 5.11. The average Bonchev–Trinajstić information content (AvgIpc) is 2.58. The average molecular weight is 330 g/mol. The van der Waals surface area contributed by atoms with Crippen LogP contribution < -0.4 is 15.0 Å². The van der Waals surface area contributed by atoms with E-state index in [0.29, 0.717) is 11.4 Å². The Balaban J connectivity index is 1.74. The smallest absolute Gasteiger partial charge is 0.268 e. The topological polar surface area (TPSA) is 58.6 Å². The number of ether oxygens (including phenoxy) is 1. The molecule has 0 spiro atoms. The van der Waals surface area contributed by atoms with Gasteiger partial charge in [0.05, 0.1) is 5.69 Å². The van der Waals surface area contributed by atoms with Crippen LogP contribution in [0.2, 0.25) is 0 Å². The van der Waals surface area contributed by atoms with Crippen molar-refractivity contribution < 1.29 is 14.3 Å². The van der Waals surface area contributed by atoms with Gasteiger partial charge in [0.1, 0.15) is 12.3 Å². The lowest BCUT2D eigenvalue weighted by atomic mass is 9.95. The number of para-hydroxylation sites is 2. The zero-order valence-electron chi connectivity index (χ0n) is 14.5. The van der Waals surface area contributed by atoms with Crippen LogP contribution in [0.5, 0.6) is 5.75 Å². The van der Waals surface area contributed by atoms with Gasteiger partial charge in [-0.3, -0.25) is 14.5 Å². The van der Waals surface area contributed by atoms with Crippen LogP contribution in [0.3, 0.4) is 0 Å². The quantitative estimate of drug-likeness (QED) is 0.923. The van der Waals surface area contributed by atoms with Gasteiger partial charge in [-0.05, 0) is 30.9 Å². The molecule has 1 aliphatic heterocycles. The van der Waals surface area contributed by atoms with Gasteiger partial charge in [-0.25, -0.2) is 0 Å². The predicted octanol–water partition coefficient (Wildman–Crippen LogP) is 2.89. The minimum atomic E-state index is -0.539. The summed E-state index contributed by atoms with van der Waals surface area (Å²) in [6.45, 7) is 3.96. The van der Waals surface area contributed by atoms with Crippen LogP contribution >= 0.6 is 0 Å². The molecule has 1 aromatic rings. The highest BCUT2D eigenvalue weighted by Crippen LogP contribution is 2.35. The van der Waals surface area contributed by atoms with Crippen LogP contribution in [-0.2, 0) is 9.59 Å². The first-order valence-electron chi connectivity index (χ1n) is 8.92. The molecule has 5 heteroatoms. The monoisotopic (exact) mass is 330 g/mol. The van der Waals surface area contributed by atoms with Crippen LogP contribution in [0.1, 0.15) is 46.0 Å². The minimum absolute atomic E-state index is 0.0507. The van der Waals surface area contributed by atoms with E-state index in [2.05, 4.69) is 5.32 Å². The largest absolute Gasteiger partial charge is 0.478 e. The van der Waals surface area contributed by atoms with Crippen LogP contribution in [0.25, 0.3) is 0 Å². The molecule has 0 bridgehead atoms. The molecule has 1 aliphatic carbocycles. The fourth-order valence-electron chi connectivity index (χ4n) is 3.49. The molecule has 0 unspecified atom stereocenters. The lowest BCUT2D eigenvalue weighted by molar-refractivity contribution is -0.130. The third-order valence-electron chi connectivity index (χ3n) is 4.80. The molecule has 0 saturated heterocycles. The Hall–Kier alpha value is -2.04. The Morgan fingerprint density at radius 1 is 1.25 bits per heavy atom. The molecular weight excluding hydrogens is 304 g/mol. The molecule has 1 saturated carbocycles. The maximum atomic E-state index is 12.8. The van der Waals surface area contributed by atoms with Crippen molar-refractivity contribution in [3.05, 3.63) is 24.3 Å². The van der Waals surface area contributed by atoms with Gasteiger partial charge in [-0.2, -0.15) is 0 Å². The Kier molecular flexibility index (Phi) is 5.07. The number of hydrogen-bond acceptors (Lipinski definition) is 3. The minimum Gasteiger partial charge on any atom is -0.478 e. The highest BCUT2D eigenvalue weighted by atomic mass is 16.5. The van der Waals surface area contributed by atoms with Crippen molar-refractivity contribution >= 4 is 17.5 Å². The van der Waals surface area contributed by atoms with Crippen molar-refractivity contribution in [3.8, 4) is 5.75 Å². The first-order valence-corrected chi connectivity index (χ1v) is 8.92. The van der Waals surface area contributed by atoms with Gasteiger partial charge >= 0.3 is 0 Å². The van der Waals surface area contributed by atoms with Crippen LogP contribution in [0.15, 0.2) is 24.3 Å². The van der Waals surface area contributed by atoms with Crippen molar-refractivity contribution in [2.45, 2.75) is 58.1 Å². The standard InChI is InChI=1S/C19H26N2O3/c1-13(2)18-19(23)21(15-10-6-7-11-16(15)24-18)12-17(22)20-14-8-4-3-5-9-14/h6-7,10-11,13-14,18H,3-5,8-9,12H2,1-2H3,(H,20,22)/t18-/m1/s1. The number of carbonyl (C=O) groups excluding carboxylic acids is 2. The molecular formula is C19H26N2O3. The summed E-state index contributed by atoms with van der Waals surface area (Å²) in [5, 5.41) is 3.09. The van der Waals surface area contributed by atoms with Gasteiger partial charge in [0.2, 0.25) is 5.91 Å². The predicted molar refractivity (Wildman–Crippen MR) is 93.1 cm³/mol. The summed E-state index contributed by atoms with van der Waals surface area (Å²) < 4.78 is 5.84. The number of rotatable bonds is 4. The van der Waals surface area contributed by atoms with E-state index >= 15 is 0 Å². The van der Waals surface area contributed by atoms with Gasteiger partial charge in [0.15, 0.2) is 6.10 Å². The normalized spacial score (nSPS) is 21.4. The molecule has 130 valence electrons. The molecule has 3 rings (SSSR count). The second kappa shape index (κ2) is 7.24. The van der Waals surface area contributed by atoms with E-state index < -0.39 is 6.10 Å². The SMILES string of the molecule is CC(C)[C@H]1Oc2ccccc2N(CC(=O)NC2CCCCC2)C1=O. The Morgan fingerprint density at radius 3 is 2.67 bits per heavy atom. The second-order valence-corrected chi connectivity index (χ2v) is 7.08. The maximum absolute atomic E-state index is 12.8. The van der Waals surface area contributed by atoms with Crippen molar-refractivity contribution in [3.63, 3.8) is 0 Å². The number of carbonyl (C=O) groups is 2. The second-order valence-electron chi connectivity index (χ2n) is 7.08. The number of amides is 2. The summed E-state index contributed by atoms with van der Waals surface area (Å²) in [5.74, 6) is 0.494. The molecule has 1 aromatic carbocycles.